The van der Waals surface area contributed by atoms with Gasteiger partial charge in [-0.05, 0) is 49.9 Å². The summed E-state index contributed by atoms with van der Waals surface area (Å²) in [6.07, 6.45) is 7.86. The van der Waals surface area contributed by atoms with Gasteiger partial charge in [0, 0.05) is 23.9 Å². The molecule has 2 aromatic heterocycles. The normalized spacial score (nSPS) is 14.2. The lowest BCUT2D eigenvalue weighted by atomic mass is 9.82. The second-order valence-corrected chi connectivity index (χ2v) is 7.88. The Balaban J connectivity index is 1.78. The molecular formula is C22H24ClN3O2. The van der Waals surface area contributed by atoms with Crippen LogP contribution in [0.2, 0.25) is 5.02 Å². The van der Waals surface area contributed by atoms with Gasteiger partial charge in [-0.25, -0.2) is 9.97 Å². The van der Waals surface area contributed by atoms with Gasteiger partial charge in [0.05, 0.1) is 12.1 Å². The Bertz CT molecular complexity index is 1070. The van der Waals surface area contributed by atoms with Crippen molar-refractivity contribution in [3.63, 3.8) is 0 Å². The first kappa shape index (κ1) is 18.9. The molecule has 1 aliphatic rings. The number of fused-ring (bicyclic) bond motifs is 1. The smallest absolute Gasteiger partial charge is 0.273 e. The highest BCUT2D eigenvalue weighted by Gasteiger charge is 2.18. The number of aryl methyl sites for hydroxylation is 2. The maximum Gasteiger partial charge on any atom is 0.273 e. The molecule has 0 spiro atoms. The summed E-state index contributed by atoms with van der Waals surface area (Å²) in [6, 6.07) is 7.46. The average Bonchev–Trinajstić information content (AvgIpc) is 2.66. The number of aromatic nitrogens is 3. The third-order valence-electron chi connectivity index (χ3n) is 5.68. The van der Waals surface area contributed by atoms with E-state index in [1.54, 1.807) is 30.9 Å². The quantitative estimate of drug-likeness (QED) is 0.586. The number of benzene rings is 1. The van der Waals surface area contributed by atoms with Crippen molar-refractivity contribution in [1.29, 1.82) is 0 Å². The van der Waals surface area contributed by atoms with Gasteiger partial charge in [-0.1, -0.05) is 30.9 Å². The lowest BCUT2D eigenvalue weighted by molar-refractivity contribution is 0.284. The molecule has 0 aliphatic heterocycles. The van der Waals surface area contributed by atoms with Crippen molar-refractivity contribution in [3.05, 3.63) is 51.5 Å². The standard InChI is InChI=1S/C22H24ClN3O2/c1-14-22(27)26(12-4-7-15-5-3-6-15)21-20(25-14)18(10-11-24-21)17-9-8-16(28-2)13-19(17)23/h8-11,13,15H,3-7,12H2,1-2H3. The van der Waals surface area contributed by atoms with Crippen LogP contribution in [0.5, 0.6) is 5.75 Å². The second kappa shape index (κ2) is 7.92. The van der Waals surface area contributed by atoms with Crippen LogP contribution < -0.4 is 10.3 Å². The van der Waals surface area contributed by atoms with Crippen molar-refractivity contribution in [3.8, 4) is 16.9 Å². The molecule has 1 saturated carbocycles. The minimum atomic E-state index is -0.0633. The van der Waals surface area contributed by atoms with Gasteiger partial charge in [0.2, 0.25) is 0 Å². The Morgan fingerprint density at radius 2 is 2.07 bits per heavy atom. The van der Waals surface area contributed by atoms with Gasteiger partial charge < -0.3 is 4.74 Å². The zero-order valence-electron chi connectivity index (χ0n) is 16.2. The van der Waals surface area contributed by atoms with Crippen LogP contribution in [0.4, 0.5) is 0 Å². The first-order chi connectivity index (χ1) is 13.6. The van der Waals surface area contributed by atoms with Gasteiger partial charge in [-0.2, -0.15) is 0 Å². The predicted octanol–water partition coefficient (Wildman–Crippen LogP) is 5.01. The molecule has 146 valence electrons. The number of ether oxygens (including phenoxy) is 1. The Hall–Kier alpha value is -2.40. The molecule has 0 radical (unpaired) electrons. The van der Waals surface area contributed by atoms with Gasteiger partial charge in [-0.15, -0.1) is 0 Å². The second-order valence-electron chi connectivity index (χ2n) is 7.47. The SMILES string of the molecule is COc1ccc(-c2ccnc3c2nc(C)c(=O)n3CCCC2CCC2)c(Cl)c1. The lowest BCUT2D eigenvalue weighted by Gasteiger charge is -2.25. The van der Waals surface area contributed by atoms with E-state index in [1.807, 2.05) is 18.2 Å². The number of hydrogen-bond donors (Lipinski definition) is 0. The highest BCUT2D eigenvalue weighted by Crippen LogP contribution is 2.34. The molecule has 1 aliphatic carbocycles. The summed E-state index contributed by atoms with van der Waals surface area (Å²) in [6.45, 7) is 2.43. The van der Waals surface area contributed by atoms with Crippen LogP contribution in [-0.4, -0.2) is 21.6 Å². The van der Waals surface area contributed by atoms with Gasteiger partial charge in [0.25, 0.3) is 5.56 Å². The number of nitrogens with zero attached hydrogens (tertiary/aromatic N) is 3. The maximum atomic E-state index is 12.8. The summed E-state index contributed by atoms with van der Waals surface area (Å²) in [5, 5.41) is 0.578. The van der Waals surface area contributed by atoms with Crippen molar-refractivity contribution in [2.24, 2.45) is 5.92 Å². The summed E-state index contributed by atoms with van der Waals surface area (Å²) < 4.78 is 7.02. The van der Waals surface area contributed by atoms with Crippen molar-refractivity contribution in [2.75, 3.05) is 7.11 Å². The van der Waals surface area contributed by atoms with E-state index in [0.717, 1.165) is 23.5 Å². The average molecular weight is 398 g/mol. The lowest BCUT2D eigenvalue weighted by Crippen LogP contribution is -2.25. The molecule has 0 atom stereocenters. The van der Waals surface area contributed by atoms with E-state index in [0.29, 0.717) is 34.2 Å². The van der Waals surface area contributed by atoms with Crippen LogP contribution in [-0.2, 0) is 6.54 Å². The van der Waals surface area contributed by atoms with E-state index in [4.69, 9.17) is 16.3 Å². The molecular weight excluding hydrogens is 374 g/mol. The van der Waals surface area contributed by atoms with Crippen molar-refractivity contribution in [2.45, 2.75) is 45.6 Å². The fourth-order valence-corrected chi connectivity index (χ4v) is 4.12. The zero-order valence-corrected chi connectivity index (χ0v) is 17.0. The summed E-state index contributed by atoms with van der Waals surface area (Å²) >= 11 is 6.50. The molecule has 0 saturated heterocycles. The van der Waals surface area contributed by atoms with Crippen LogP contribution in [0.25, 0.3) is 22.3 Å². The molecule has 0 N–H and O–H groups in total. The van der Waals surface area contributed by atoms with Crippen molar-refractivity contribution < 1.29 is 4.74 Å². The summed E-state index contributed by atoms with van der Waals surface area (Å²) in [5.74, 6) is 1.52. The molecule has 0 bridgehead atoms. The fourth-order valence-electron chi connectivity index (χ4n) is 3.84. The molecule has 0 unspecified atom stereocenters. The van der Waals surface area contributed by atoms with Gasteiger partial charge in [-0.3, -0.25) is 9.36 Å². The summed E-state index contributed by atoms with van der Waals surface area (Å²) in [7, 11) is 1.61. The fraction of sp³-hybridized carbons (Fsp3) is 0.409. The number of pyridine rings is 1. The molecule has 0 amide bonds. The van der Waals surface area contributed by atoms with Crippen LogP contribution >= 0.6 is 11.6 Å². The van der Waals surface area contributed by atoms with Gasteiger partial charge in [0.1, 0.15) is 17.0 Å². The Morgan fingerprint density at radius 1 is 1.25 bits per heavy atom. The van der Waals surface area contributed by atoms with Crippen LogP contribution in [0.1, 0.15) is 37.8 Å². The van der Waals surface area contributed by atoms with Crippen LogP contribution in [0, 0.1) is 12.8 Å². The van der Waals surface area contributed by atoms with E-state index in [1.165, 1.54) is 25.7 Å². The first-order valence-electron chi connectivity index (χ1n) is 9.78. The minimum Gasteiger partial charge on any atom is -0.497 e. The molecule has 1 fully saturated rings. The van der Waals surface area contributed by atoms with E-state index in [2.05, 4.69) is 9.97 Å². The van der Waals surface area contributed by atoms with Gasteiger partial charge in [0.15, 0.2) is 5.65 Å². The summed E-state index contributed by atoms with van der Waals surface area (Å²) in [5.41, 5.74) is 3.46. The topological polar surface area (TPSA) is 57.0 Å². The number of halogens is 1. The third kappa shape index (κ3) is 3.51. The monoisotopic (exact) mass is 397 g/mol. The predicted molar refractivity (Wildman–Crippen MR) is 112 cm³/mol. The van der Waals surface area contributed by atoms with E-state index >= 15 is 0 Å². The Labute approximate surface area is 169 Å². The first-order valence-corrected chi connectivity index (χ1v) is 10.2. The molecule has 2 heterocycles. The Morgan fingerprint density at radius 3 is 2.75 bits per heavy atom. The maximum absolute atomic E-state index is 12.8. The van der Waals surface area contributed by atoms with E-state index in [-0.39, 0.29) is 5.56 Å². The number of hydrogen-bond acceptors (Lipinski definition) is 4. The summed E-state index contributed by atoms with van der Waals surface area (Å²) in [4.78, 5) is 21.8. The highest BCUT2D eigenvalue weighted by atomic mass is 35.5. The Kier molecular flexibility index (Phi) is 5.36. The largest absolute Gasteiger partial charge is 0.497 e. The van der Waals surface area contributed by atoms with E-state index in [9.17, 15) is 4.79 Å². The van der Waals surface area contributed by atoms with Crippen LogP contribution in [0.15, 0.2) is 35.3 Å². The third-order valence-corrected chi connectivity index (χ3v) is 5.99. The zero-order chi connectivity index (χ0) is 19.7. The highest BCUT2D eigenvalue weighted by molar-refractivity contribution is 6.33. The van der Waals surface area contributed by atoms with Gasteiger partial charge >= 0.3 is 0 Å². The molecule has 3 aromatic rings. The number of rotatable bonds is 6. The molecule has 5 nitrogen and oxygen atoms in total. The molecule has 4 rings (SSSR count). The van der Waals surface area contributed by atoms with Crippen molar-refractivity contribution >= 4 is 22.8 Å². The molecule has 28 heavy (non-hydrogen) atoms. The van der Waals surface area contributed by atoms with Crippen LogP contribution in [0.3, 0.4) is 0 Å². The minimum absolute atomic E-state index is 0.0633. The molecule has 6 heteroatoms. The molecule has 1 aromatic carbocycles. The number of methoxy groups -OCH3 is 1. The van der Waals surface area contributed by atoms with Crippen molar-refractivity contribution in [1.82, 2.24) is 14.5 Å². The van der Waals surface area contributed by atoms with E-state index < -0.39 is 0 Å².